The second kappa shape index (κ2) is 8.24. The SMILES string of the molecule is Cc1ccc(C(=O)NC(C)CO)cc1S(=O)(=O)NCc1ccccc1. The Hall–Kier alpha value is -2.22. The number of sulfonamides is 1. The molecule has 2 aromatic rings. The molecule has 2 rings (SSSR count). The van der Waals surface area contributed by atoms with Gasteiger partial charge in [0.1, 0.15) is 0 Å². The molecule has 0 saturated heterocycles. The van der Waals surface area contributed by atoms with Crippen molar-refractivity contribution in [1.82, 2.24) is 10.0 Å². The lowest BCUT2D eigenvalue weighted by Crippen LogP contribution is -2.35. The van der Waals surface area contributed by atoms with E-state index >= 15 is 0 Å². The molecule has 0 saturated carbocycles. The zero-order valence-electron chi connectivity index (χ0n) is 14.2. The van der Waals surface area contributed by atoms with Crippen molar-refractivity contribution in [3.63, 3.8) is 0 Å². The molecule has 7 heteroatoms. The summed E-state index contributed by atoms with van der Waals surface area (Å²) in [5.74, 6) is -0.430. The van der Waals surface area contributed by atoms with E-state index in [1.54, 1.807) is 26.0 Å². The van der Waals surface area contributed by atoms with Crippen molar-refractivity contribution in [3.05, 3.63) is 65.2 Å². The first kappa shape index (κ1) is 19.1. The zero-order valence-corrected chi connectivity index (χ0v) is 15.0. The molecule has 2 aromatic carbocycles. The minimum atomic E-state index is -3.76. The van der Waals surface area contributed by atoms with Gasteiger partial charge in [-0.05, 0) is 37.1 Å². The van der Waals surface area contributed by atoms with E-state index in [2.05, 4.69) is 10.0 Å². The van der Waals surface area contributed by atoms with Crippen LogP contribution in [0.25, 0.3) is 0 Å². The molecule has 1 unspecified atom stereocenters. The lowest BCUT2D eigenvalue weighted by Gasteiger charge is -2.13. The Morgan fingerprint density at radius 2 is 1.84 bits per heavy atom. The van der Waals surface area contributed by atoms with Crippen molar-refractivity contribution in [2.45, 2.75) is 31.3 Å². The monoisotopic (exact) mass is 362 g/mol. The van der Waals surface area contributed by atoms with Crippen LogP contribution in [0.4, 0.5) is 0 Å². The van der Waals surface area contributed by atoms with Crippen molar-refractivity contribution in [3.8, 4) is 0 Å². The molecule has 1 atom stereocenters. The van der Waals surface area contributed by atoms with Gasteiger partial charge in [-0.15, -0.1) is 0 Å². The smallest absolute Gasteiger partial charge is 0.251 e. The molecule has 0 heterocycles. The number of amides is 1. The highest BCUT2D eigenvalue weighted by molar-refractivity contribution is 7.89. The van der Waals surface area contributed by atoms with E-state index < -0.39 is 22.0 Å². The highest BCUT2D eigenvalue weighted by atomic mass is 32.2. The number of rotatable bonds is 7. The van der Waals surface area contributed by atoms with Crippen molar-refractivity contribution < 1.29 is 18.3 Å². The van der Waals surface area contributed by atoms with E-state index in [1.165, 1.54) is 6.07 Å². The van der Waals surface area contributed by atoms with Gasteiger partial charge < -0.3 is 10.4 Å². The average molecular weight is 362 g/mol. The van der Waals surface area contributed by atoms with Crippen LogP contribution in [0.5, 0.6) is 0 Å². The Bertz CT molecular complexity index is 835. The average Bonchev–Trinajstić information content (AvgIpc) is 2.61. The van der Waals surface area contributed by atoms with Crippen LogP contribution in [-0.4, -0.2) is 32.1 Å². The maximum Gasteiger partial charge on any atom is 0.251 e. The van der Waals surface area contributed by atoms with Crippen molar-refractivity contribution in [1.29, 1.82) is 0 Å². The number of hydrogen-bond acceptors (Lipinski definition) is 4. The van der Waals surface area contributed by atoms with Gasteiger partial charge in [0.2, 0.25) is 10.0 Å². The number of benzene rings is 2. The Morgan fingerprint density at radius 1 is 1.16 bits per heavy atom. The van der Waals surface area contributed by atoms with Crippen LogP contribution in [0, 0.1) is 6.92 Å². The van der Waals surface area contributed by atoms with Gasteiger partial charge in [-0.1, -0.05) is 36.4 Å². The number of nitrogens with one attached hydrogen (secondary N) is 2. The highest BCUT2D eigenvalue weighted by Crippen LogP contribution is 2.17. The maximum atomic E-state index is 12.6. The number of carbonyl (C=O) groups excluding carboxylic acids is 1. The predicted octanol–water partition coefficient (Wildman–Crippen LogP) is 1.58. The fourth-order valence-corrected chi connectivity index (χ4v) is 3.52. The van der Waals surface area contributed by atoms with Crippen molar-refractivity contribution in [2.24, 2.45) is 0 Å². The van der Waals surface area contributed by atoms with Crippen LogP contribution in [0.1, 0.15) is 28.4 Å². The molecule has 6 nitrogen and oxygen atoms in total. The number of aryl methyl sites for hydroxylation is 1. The summed E-state index contributed by atoms with van der Waals surface area (Å²) in [6, 6.07) is 13.3. The van der Waals surface area contributed by atoms with Gasteiger partial charge in [-0.3, -0.25) is 4.79 Å². The largest absolute Gasteiger partial charge is 0.394 e. The Morgan fingerprint density at radius 3 is 2.48 bits per heavy atom. The summed E-state index contributed by atoms with van der Waals surface area (Å²) >= 11 is 0. The van der Waals surface area contributed by atoms with Crippen molar-refractivity contribution in [2.75, 3.05) is 6.61 Å². The summed E-state index contributed by atoms with van der Waals surface area (Å²) < 4.78 is 27.7. The molecule has 0 aliphatic heterocycles. The number of carbonyl (C=O) groups is 1. The van der Waals surface area contributed by atoms with E-state index in [0.717, 1.165) is 5.56 Å². The van der Waals surface area contributed by atoms with Gasteiger partial charge in [0, 0.05) is 18.2 Å². The first-order chi connectivity index (χ1) is 11.8. The summed E-state index contributed by atoms with van der Waals surface area (Å²) in [6.45, 7) is 3.31. The van der Waals surface area contributed by atoms with Gasteiger partial charge in [0.05, 0.1) is 11.5 Å². The van der Waals surface area contributed by atoms with Gasteiger partial charge in [-0.2, -0.15) is 0 Å². The zero-order chi connectivity index (χ0) is 18.4. The van der Waals surface area contributed by atoms with Gasteiger partial charge >= 0.3 is 0 Å². The van der Waals surface area contributed by atoms with Gasteiger partial charge in [0.25, 0.3) is 5.91 Å². The van der Waals surface area contributed by atoms with E-state index in [-0.39, 0.29) is 23.6 Å². The molecule has 0 aliphatic rings. The molecule has 0 radical (unpaired) electrons. The van der Waals surface area contributed by atoms with Crippen LogP contribution >= 0.6 is 0 Å². The standard InChI is InChI=1S/C18H22N2O4S/c1-13-8-9-16(18(22)20-14(2)12-21)10-17(13)25(23,24)19-11-15-6-4-3-5-7-15/h3-10,14,19,21H,11-12H2,1-2H3,(H,20,22). The number of hydrogen-bond donors (Lipinski definition) is 3. The normalized spacial score (nSPS) is 12.6. The lowest BCUT2D eigenvalue weighted by molar-refractivity contribution is 0.0922. The highest BCUT2D eigenvalue weighted by Gasteiger charge is 2.19. The first-order valence-corrected chi connectivity index (χ1v) is 9.38. The number of aliphatic hydroxyl groups is 1. The van der Waals surface area contributed by atoms with E-state index in [0.29, 0.717) is 5.56 Å². The second-order valence-corrected chi connectivity index (χ2v) is 7.58. The summed E-state index contributed by atoms with van der Waals surface area (Å²) in [6.07, 6.45) is 0. The molecule has 3 N–H and O–H groups in total. The maximum absolute atomic E-state index is 12.6. The molecule has 0 aliphatic carbocycles. The predicted molar refractivity (Wildman–Crippen MR) is 95.7 cm³/mol. The third-order valence-electron chi connectivity index (χ3n) is 3.70. The van der Waals surface area contributed by atoms with Gasteiger partial charge in [-0.25, -0.2) is 13.1 Å². The van der Waals surface area contributed by atoms with E-state index in [4.69, 9.17) is 5.11 Å². The number of aliphatic hydroxyl groups excluding tert-OH is 1. The third-order valence-corrected chi connectivity index (χ3v) is 5.24. The van der Waals surface area contributed by atoms with Crippen LogP contribution in [0.15, 0.2) is 53.4 Å². The van der Waals surface area contributed by atoms with Crippen molar-refractivity contribution >= 4 is 15.9 Å². The van der Waals surface area contributed by atoms with Crippen LogP contribution in [0.2, 0.25) is 0 Å². The topological polar surface area (TPSA) is 95.5 Å². The molecule has 0 spiro atoms. The summed E-state index contributed by atoms with van der Waals surface area (Å²) in [5.41, 5.74) is 1.62. The molecular weight excluding hydrogens is 340 g/mol. The lowest BCUT2D eigenvalue weighted by atomic mass is 10.1. The summed E-state index contributed by atoms with van der Waals surface area (Å²) in [5, 5.41) is 11.6. The quantitative estimate of drug-likeness (QED) is 0.697. The molecule has 0 fully saturated rings. The van der Waals surface area contributed by atoms with Crippen LogP contribution < -0.4 is 10.0 Å². The minimum absolute atomic E-state index is 0.0627. The summed E-state index contributed by atoms with van der Waals surface area (Å²) in [7, 11) is -3.76. The fourth-order valence-electron chi connectivity index (χ4n) is 2.24. The molecule has 0 bridgehead atoms. The Kier molecular flexibility index (Phi) is 6.30. The molecule has 1 amide bonds. The van der Waals surface area contributed by atoms with Crippen LogP contribution in [-0.2, 0) is 16.6 Å². The fraction of sp³-hybridized carbons (Fsp3) is 0.278. The molecule has 0 aromatic heterocycles. The van der Waals surface area contributed by atoms with Crippen LogP contribution in [0.3, 0.4) is 0 Å². The van der Waals surface area contributed by atoms with E-state index in [1.807, 2.05) is 30.3 Å². The molecule has 25 heavy (non-hydrogen) atoms. The first-order valence-electron chi connectivity index (χ1n) is 7.89. The Balaban J connectivity index is 2.22. The molecule has 134 valence electrons. The second-order valence-electron chi connectivity index (χ2n) is 5.85. The summed E-state index contributed by atoms with van der Waals surface area (Å²) in [4.78, 5) is 12.2. The molecular formula is C18H22N2O4S. The Labute approximate surface area is 147 Å². The van der Waals surface area contributed by atoms with E-state index in [9.17, 15) is 13.2 Å². The minimum Gasteiger partial charge on any atom is -0.394 e. The third kappa shape index (κ3) is 5.12. The van der Waals surface area contributed by atoms with Gasteiger partial charge in [0.15, 0.2) is 0 Å².